The molecule has 31 heavy (non-hydrogen) atoms. The molecule has 1 amide bonds. The molecule has 0 unspecified atom stereocenters. The van der Waals surface area contributed by atoms with Gasteiger partial charge in [-0.1, -0.05) is 42.5 Å². The normalized spacial score (nSPS) is 19.6. The summed E-state index contributed by atoms with van der Waals surface area (Å²) >= 11 is 0. The number of aromatic nitrogens is 2. The molecule has 1 fully saturated rings. The Kier molecular flexibility index (Phi) is 6.67. The van der Waals surface area contributed by atoms with Gasteiger partial charge in [-0.25, -0.2) is 4.98 Å². The molecule has 1 aromatic heterocycles. The van der Waals surface area contributed by atoms with Gasteiger partial charge in [0.15, 0.2) is 0 Å². The zero-order chi connectivity index (χ0) is 21.6. The lowest BCUT2D eigenvalue weighted by Gasteiger charge is -2.28. The molecule has 1 atom stereocenters. The quantitative estimate of drug-likeness (QED) is 0.438. The molecule has 2 aromatic carbocycles. The Morgan fingerprint density at radius 2 is 1.87 bits per heavy atom. The number of H-pyrrole nitrogens is 1. The van der Waals surface area contributed by atoms with Crippen LogP contribution < -0.4 is 16.8 Å². The van der Waals surface area contributed by atoms with Gasteiger partial charge in [-0.3, -0.25) is 4.79 Å². The summed E-state index contributed by atoms with van der Waals surface area (Å²) < 4.78 is 0. The number of nitrogens with two attached hydrogens (primary N) is 2. The van der Waals surface area contributed by atoms with Crippen molar-refractivity contribution >= 4 is 11.6 Å². The van der Waals surface area contributed by atoms with E-state index in [1.807, 2.05) is 48.7 Å². The summed E-state index contributed by atoms with van der Waals surface area (Å²) in [5.41, 5.74) is 15.4. The van der Waals surface area contributed by atoms with Crippen LogP contribution in [0.25, 0.3) is 11.3 Å². The average molecular weight is 418 g/mol. The van der Waals surface area contributed by atoms with E-state index >= 15 is 0 Å². The van der Waals surface area contributed by atoms with E-state index < -0.39 is 0 Å². The lowest BCUT2D eigenvalue weighted by molar-refractivity contribution is -0.127. The summed E-state index contributed by atoms with van der Waals surface area (Å²) in [6.07, 6.45) is 6.41. The number of nitrogens with one attached hydrogen (secondary N) is 2. The van der Waals surface area contributed by atoms with Crippen molar-refractivity contribution < 1.29 is 4.79 Å². The maximum absolute atomic E-state index is 13.1. The number of nitrogens with zero attached hydrogens (tertiary/aromatic N) is 1. The van der Waals surface area contributed by atoms with E-state index in [1.165, 1.54) is 0 Å². The lowest BCUT2D eigenvalue weighted by atomic mass is 9.81. The summed E-state index contributed by atoms with van der Waals surface area (Å²) in [4.78, 5) is 21.2. The first-order valence-electron chi connectivity index (χ1n) is 11.1. The molecule has 0 bridgehead atoms. The largest absolute Gasteiger partial charge is 0.399 e. The Hall–Kier alpha value is -3.12. The Morgan fingerprint density at radius 3 is 2.58 bits per heavy atom. The second-order valence-electron chi connectivity index (χ2n) is 8.50. The van der Waals surface area contributed by atoms with E-state index in [1.54, 1.807) is 0 Å². The van der Waals surface area contributed by atoms with E-state index in [-0.39, 0.29) is 17.9 Å². The Labute approximate surface area is 183 Å². The first-order chi connectivity index (χ1) is 15.1. The molecule has 4 rings (SSSR count). The number of anilines is 1. The number of imidazole rings is 1. The molecule has 1 saturated carbocycles. The van der Waals surface area contributed by atoms with Crippen LogP contribution >= 0.6 is 0 Å². The Morgan fingerprint density at radius 1 is 1.10 bits per heavy atom. The van der Waals surface area contributed by atoms with Crippen LogP contribution in [0.1, 0.15) is 43.1 Å². The average Bonchev–Trinajstić information content (AvgIpc) is 3.30. The molecule has 6 heteroatoms. The summed E-state index contributed by atoms with van der Waals surface area (Å²) in [7, 11) is 0. The smallest absolute Gasteiger partial charge is 0.223 e. The predicted molar refractivity (Wildman–Crippen MR) is 124 cm³/mol. The van der Waals surface area contributed by atoms with Crippen molar-refractivity contribution in [1.29, 1.82) is 0 Å². The summed E-state index contributed by atoms with van der Waals surface area (Å²) in [6, 6.07) is 17.6. The third-order valence-electron chi connectivity index (χ3n) is 6.26. The van der Waals surface area contributed by atoms with Gasteiger partial charge in [0.2, 0.25) is 5.91 Å². The van der Waals surface area contributed by atoms with Crippen molar-refractivity contribution in [3.63, 3.8) is 0 Å². The van der Waals surface area contributed by atoms with Gasteiger partial charge in [0.05, 0.1) is 11.7 Å². The number of amides is 1. The SMILES string of the molecule is NCC1CCC(C(=O)N[C@@H](Cc2ccccc2)c2nc(-c3cccc(N)c3)c[nH]2)CC1. The van der Waals surface area contributed by atoms with Gasteiger partial charge in [0.1, 0.15) is 5.82 Å². The highest BCUT2D eigenvalue weighted by molar-refractivity contribution is 5.79. The molecule has 6 N–H and O–H groups in total. The highest BCUT2D eigenvalue weighted by atomic mass is 16.1. The van der Waals surface area contributed by atoms with Crippen LogP contribution in [-0.2, 0) is 11.2 Å². The summed E-state index contributed by atoms with van der Waals surface area (Å²) in [5.74, 6) is 1.46. The van der Waals surface area contributed by atoms with Gasteiger partial charge in [-0.2, -0.15) is 0 Å². The molecule has 3 aromatic rings. The van der Waals surface area contributed by atoms with Gasteiger partial charge in [-0.05, 0) is 62.3 Å². The van der Waals surface area contributed by atoms with Crippen LogP contribution in [0.3, 0.4) is 0 Å². The van der Waals surface area contributed by atoms with Gasteiger partial charge < -0.3 is 21.8 Å². The fourth-order valence-corrected chi connectivity index (χ4v) is 4.38. The first-order valence-corrected chi connectivity index (χ1v) is 11.1. The maximum atomic E-state index is 13.1. The standard InChI is InChI=1S/C25H31N5O/c26-15-18-9-11-19(12-10-18)25(31)30-22(13-17-5-2-1-3-6-17)24-28-16-23(29-24)20-7-4-8-21(27)14-20/h1-8,14,16,18-19,22H,9-13,15,26-27H2,(H,28,29)(H,30,31)/t18?,19?,22-/m0/s1. The summed E-state index contributed by atoms with van der Waals surface area (Å²) in [5, 5.41) is 3.27. The number of rotatable bonds is 7. The van der Waals surface area contributed by atoms with E-state index in [4.69, 9.17) is 16.5 Å². The maximum Gasteiger partial charge on any atom is 0.223 e. The Bertz CT molecular complexity index is 992. The highest BCUT2D eigenvalue weighted by Crippen LogP contribution is 2.29. The van der Waals surface area contributed by atoms with Crippen LogP contribution in [0.2, 0.25) is 0 Å². The van der Waals surface area contributed by atoms with Crippen LogP contribution in [0.4, 0.5) is 5.69 Å². The molecular weight excluding hydrogens is 386 g/mol. The predicted octanol–water partition coefficient (Wildman–Crippen LogP) is 3.82. The topological polar surface area (TPSA) is 110 Å². The highest BCUT2D eigenvalue weighted by Gasteiger charge is 2.28. The lowest BCUT2D eigenvalue weighted by Crippen LogP contribution is -2.37. The third-order valence-corrected chi connectivity index (χ3v) is 6.26. The zero-order valence-corrected chi connectivity index (χ0v) is 17.8. The molecule has 0 spiro atoms. The number of hydrogen-bond acceptors (Lipinski definition) is 4. The minimum atomic E-state index is -0.225. The first kappa shape index (κ1) is 21.1. The number of aromatic amines is 1. The minimum absolute atomic E-state index is 0.0458. The van der Waals surface area contributed by atoms with E-state index in [0.29, 0.717) is 24.6 Å². The second kappa shape index (κ2) is 9.79. The van der Waals surface area contributed by atoms with Crippen molar-refractivity contribution in [3.8, 4) is 11.3 Å². The number of nitrogen functional groups attached to an aromatic ring is 1. The number of benzene rings is 2. The van der Waals surface area contributed by atoms with Crippen LogP contribution in [-0.4, -0.2) is 22.4 Å². The molecule has 0 saturated heterocycles. The molecule has 1 aliphatic rings. The van der Waals surface area contributed by atoms with E-state index in [0.717, 1.165) is 48.3 Å². The third kappa shape index (κ3) is 5.33. The Balaban J connectivity index is 1.53. The van der Waals surface area contributed by atoms with Gasteiger partial charge in [-0.15, -0.1) is 0 Å². The molecule has 1 heterocycles. The van der Waals surface area contributed by atoms with E-state index in [2.05, 4.69) is 22.4 Å². The molecular formula is C25H31N5O. The van der Waals surface area contributed by atoms with Crippen LogP contribution in [0.5, 0.6) is 0 Å². The molecule has 6 nitrogen and oxygen atoms in total. The second-order valence-corrected chi connectivity index (χ2v) is 8.50. The van der Waals surface area contributed by atoms with Gasteiger partial charge >= 0.3 is 0 Å². The zero-order valence-electron chi connectivity index (χ0n) is 17.8. The molecule has 0 aliphatic heterocycles. The molecule has 162 valence electrons. The van der Waals surface area contributed by atoms with Crippen LogP contribution in [0.15, 0.2) is 60.8 Å². The monoisotopic (exact) mass is 417 g/mol. The van der Waals surface area contributed by atoms with Gasteiger partial charge in [0.25, 0.3) is 0 Å². The van der Waals surface area contributed by atoms with Crippen molar-refractivity contribution in [2.75, 3.05) is 12.3 Å². The minimum Gasteiger partial charge on any atom is -0.399 e. The number of carbonyl (C=O) groups is 1. The van der Waals surface area contributed by atoms with Crippen molar-refractivity contribution in [2.45, 2.75) is 38.1 Å². The number of carbonyl (C=O) groups excluding carboxylic acids is 1. The van der Waals surface area contributed by atoms with Crippen LogP contribution in [0, 0.1) is 11.8 Å². The fourth-order valence-electron chi connectivity index (χ4n) is 4.38. The number of hydrogen-bond donors (Lipinski definition) is 4. The summed E-state index contributed by atoms with van der Waals surface area (Å²) in [6.45, 7) is 0.712. The van der Waals surface area contributed by atoms with Crippen molar-refractivity contribution in [3.05, 3.63) is 72.2 Å². The van der Waals surface area contributed by atoms with Crippen molar-refractivity contribution in [1.82, 2.24) is 15.3 Å². The van der Waals surface area contributed by atoms with E-state index in [9.17, 15) is 4.79 Å². The van der Waals surface area contributed by atoms with Crippen molar-refractivity contribution in [2.24, 2.45) is 17.6 Å². The molecule has 1 aliphatic carbocycles. The molecule has 0 radical (unpaired) electrons. The van der Waals surface area contributed by atoms with Gasteiger partial charge in [0, 0.05) is 23.4 Å². The fraction of sp³-hybridized carbons (Fsp3) is 0.360.